The highest BCUT2D eigenvalue weighted by atomic mass is 32.1. The first-order valence-corrected chi connectivity index (χ1v) is 5.96. The molecule has 0 aliphatic heterocycles. The third-order valence-corrected chi connectivity index (χ3v) is 2.89. The molecule has 2 aromatic heterocycles. The van der Waals surface area contributed by atoms with E-state index < -0.39 is 0 Å². The molecule has 0 aliphatic carbocycles. The van der Waals surface area contributed by atoms with Crippen molar-refractivity contribution in [2.75, 3.05) is 5.32 Å². The van der Waals surface area contributed by atoms with E-state index in [9.17, 15) is 0 Å². The van der Waals surface area contributed by atoms with E-state index in [0.29, 0.717) is 18.2 Å². The van der Waals surface area contributed by atoms with Crippen molar-refractivity contribution in [3.05, 3.63) is 33.5 Å². The van der Waals surface area contributed by atoms with E-state index in [1.165, 1.54) is 0 Å². The maximum absolute atomic E-state index is 8.80. The molecular weight excluding hydrogens is 234 g/mol. The lowest BCUT2D eigenvalue weighted by atomic mass is 10.3. The lowest BCUT2D eigenvalue weighted by Gasteiger charge is -2.03. The first kappa shape index (κ1) is 11.5. The van der Waals surface area contributed by atoms with Crippen molar-refractivity contribution in [1.29, 1.82) is 5.26 Å². The molecule has 0 aliphatic rings. The standard InChI is InChI=1S/C11H11N5S/c1-7-3-9(4-12)16-11(14-7)13-5-10-6-17-8(2)15-10/h3,6H,5H2,1-2H3,(H,13,14,16). The molecule has 6 heteroatoms. The normalized spacial score (nSPS) is 9.94. The van der Waals surface area contributed by atoms with Crippen LogP contribution in [0.5, 0.6) is 0 Å². The Morgan fingerprint density at radius 3 is 2.82 bits per heavy atom. The van der Waals surface area contributed by atoms with Crippen LogP contribution in [0, 0.1) is 25.2 Å². The van der Waals surface area contributed by atoms with Crippen molar-refractivity contribution < 1.29 is 0 Å². The lowest BCUT2D eigenvalue weighted by molar-refractivity contribution is 0.989. The minimum absolute atomic E-state index is 0.370. The number of rotatable bonds is 3. The summed E-state index contributed by atoms with van der Waals surface area (Å²) in [5.41, 5.74) is 2.10. The Hall–Kier alpha value is -2.00. The van der Waals surface area contributed by atoms with E-state index >= 15 is 0 Å². The van der Waals surface area contributed by atoms with Crippen LogP contribution in [0.1, 0.15) is 22.1 Å². The zero-order valence-corrected chi connectivity index (χ0v) is 10.4. The van der Waals surface area contributed by atoms with Crippen LogP contribution in [0.15, 0.2) is 11.4 Å². The van der Waals surface area contributed by atoms with E-state index in [1.807, 2.05) is 25.3 Å². The first-order valence-electron chi connectivity index (χ1n) is 5.08. The molecule has 0 atom stereocenters. The van der Waals surface area contributed by atoms with Crippen molar-refractivity contribution >= 4 is 17.3 Å². The minimum Gasteiger partial charge on any atom is -0.348 e. The fourth-order valence-corrected chi connectivity index (χ4v) is 1.98. The van der Waals surface area contributed by atoms with Gasteiger partial charge in [-0.1, -0.05) is 0 Å². The number of hydrogen-bond acceptors (Lipinski definition) is 6. The number of nitrogens with one attached hydrogen (secondary N) is 1. The lowest BCUT2D eigenvalue weighted by Crippen LogP contribution is -2.05. The Kier molecular flexibility index (Phi) is 3.30. The molecule has 0 aromatic carbocycles. The van der Waals surface area contributed by atoms with E-state index in [0.717, 1.165) is 16.4 Å². The molecule has 0 unspecified atom stereocenters. The van der Waals surface area contributed by atoms with Crippen LogP contribution < -0.4 is 5.32 Å². The third kappa shape index (κ3) is 2.98. The van der Waals surface area contributed by atoms with Crippen LogP contribution in [0.4, 0.5) is 5.95 Å². The fraction of sp³-hybridized carbons (Fsp3) is 0.273. The van der Waals surface area contributed by atoms with Gasteiger partial charge in [-0.05, 0) is 19.9 Å². The third-order valence-electron chi connectivity index (χ3n) is 2.06. The summed E-state index contributed by atoms with van der Waals surface area (Å²) in [6.45, 7) is 4.37. The molecule has 0 saturated heterocycles. The van der Waals surface area contributed by atoms with Gasteiger partial charge in [-0.25, -0.2) is 15.0 Å². The number of aryl methyl sites for hydroxylation is 2. The first-order chi connectivity index (χ1) is 8.17. The van der Waals surface area contributed by atoms with Crippen molar-refractivity contribution in [1.82, 2.24) is 15.0 Å². The van der Waals surface area contributed by atoms with Gasteiger partial charge in [0.15, 0.2) is 0 Å². The molecule has 5 nitrogen and oxygen atoms in total. The topological polar surface area (TPSA) is 74.5 Å². The number of anilines is 1. The maximum Gasteiger partial charge on any atom is 0.224 e. The molecule has 0 bridgehead atoms. The van der Waals surface area contributed by atoms with Gasteiger partial charge in [0.2, 0.25) is 5.95 Å². The van der Waals surface area contributed by atoms with Crippen molar-refractivity contribution in [3.8, 4) is 6.07 Å². The van der Waals surface area contributed by atoms with Gasteiger partial charge in [-0.3, -0.25) is 0 Å². The SMILES string of the molecule is Cc1cc(C#N)nc(NCc2csc(C)n2)n1. The highest BCUT2D eigenvalue weighted by Crippen LogP contribution is 2.10. The second-order valence-electron chi connectivity index (χ2n) is 3.54. The van der Waals surface area contributed by atoms with Crippen LogP contribution in [0.2, 0.25) is 0 Å². The molecular formula is C11H11N5S. The van der Waals surface area contributed by atoms with E-state index in [-0.39, 0.29) is 0 Å². The van der Waals surface area contributed by atoms with Crippen LogP contribution in [0.3, 0.4) is 0 Å². The van der Waals surface area contributed by atoms with E-state index in [1.54, 1.807) is 17.4 Å². The van der Waals surface area contributed by atoms with Crippen molar-refractivity contribution in [3.63, 3.8) is 0 Å². The van der Waals surface area contributed by atoms with Gasteiger partial charge in [0.05, 0.1) is 17.2 Å². The summed E-state index contributed by atoms with van der Waals surface area (Å²) in [5, 5.41) is 14.9. The predicted octanol–water partition coefficient (Wildman–Crippen LogP) is 2.03. The number of hydrogen-bond donors (Lipinski definition) is 1. The zero-order chi connectivity index (χ0) is 12.3. The minimum atomic E-state index is 0.370. The molecule has 0 amide bonds. The summed E-state index contributed by atoms with van der Waals surface area (Å²) in [5.74, 6) is 0.465. The number of aromatic nitrogens is 3. The van der Waals surface area contributed by atoms with Crippen LogP contribution in [-0.2, 0) is 6.54 Å². The summed E-state index contributed by atoms with van der Waals surface area (Å²) in [6.07, 6.45) is 0. The second kappa shape index (κ2) is 4.89. The highest BCUT2D eigenvalue weighted by Gasteiger charge is 2.03. The molecule has 0 radical (unpaired) electrons. The smallest absolute Gasteiger partial charge is 0.224 e. The van der Waals surface area contributed by atoms with Crippen LogP contribution in [0.25, 0.3) is 0 Å². The zero-order valence-electron chi connectivity index (χ0n) is 9.56. The summed E-state index contributed by atoms with van der Waals surface area (Å²) >= 11 is 1.61. The quantitative estimate of drug-likeness (QED) is 0.895. The summed E-state index contributed by atoms with van der Waals surface area (Å²) in [7, 11) is 0. The van der Waals surface area contributed by atoms with E-state index in [2.05, 4.69) is 20.3 Å². The summed E-state index contributed by atoms with van der Waals surface area (Å²) < 4.78 is 0. The molecule has 86 valence electrons. The van der Waals surface area contributed by atoms with Gasteiger partial charge < -0.3 is 5.32 Å². The molecule has 1 N–H and O–H groups in total. The van der Waals surface area contributed by atoms with Gasteiger partial charge in [0.1, 0.15) is 11.8 Å². The van der Waals surface area contributed by atoms with Crippen molar-refractivity contribution in [2.24, 2.45) is 0 Å². The monoisotopic (exact) mass is 245 g/mol. The van der Waals surface area contributed by atoms with Gasteiger partial charge >= 0.3 is 0 Å². The summed E-state index contributed by atoms with van der Waals surface area (Å²) in [6, 6.07) is 3.66. The number of nitrogens with zero attached hydrogens (tertiary/aromatic N) is 4. The molecule has 17 heavy (non-hydrogen) atoms. The van der Waals surface area contributed by atoms with Crippen molar-refractivity contribution in [2.45, 2.75) is 20.4 Å². The molecule has 2 rings (SSSR count). The Bertz CT molecular complexity index is 569. The molecule has 0 fully saturated rings. The van der Waals surface area contributed by atoms with Gasteiger partial charge in [0, 0.05) is 11.1 Å². The predicted molar refractivity (Wildman–Crippen MR) is 65.7 cm³/mol. The Balaban J connectivity index is 2.09. The Morgan fingerprint density at radius 2 is 2.18 bits per heavy atom. The molecule has 2 heterocycles. The number of nitriles is 1. The summed E-state index contributed by atoms with van der Waals surface area (Å²) in [4.78, 5) is 12.6. The second-order valence-corrected chi connectivity index (χ2v) is 4.60. The fourth-order valence-electron chi connectivity index (χ4n) is 1.36. The Morgan fingerprint density at radius 1 is 1.35 bits per heavy atom. The number of thiazole rings is 1. The Labute approximate surface area is 103 Å². The molecule has 0 saturated carbocycles. The average molecular weight is 245 g/mol. The van der Waals surface area contributed by atoms with Crippen LogP contribution >= 0.6 is 11.3 Å². The van der Waals surface area contributed by atoms with E-state index in [4.69, 9.17) is 5.26 Å². The van der Waals surface area contributed by atoms with Gasteiger partial charge in [-0.2, -0.15) is 5.26 Å². The van der Waals surface area contributed by atoms with Crippen LogP contribution in [-0.4, -0.2) is 15.0 Å². The largest absolute Gasteiger partial charge is 0.348 e. The van der Waals surface area contributed by atoms with Gasteiger partial charge in [0.25, 0.3) is 0 Å². The molecule has 0 spiro atoms. The average Bonchev–Trinajstić information content (AvgIpc) is 2.72. The van der Waals surface area contributed by atoms with Gasteiger partial charge in [-0.15, -0.1) is 11.3 Å². The molecule has 2 aromatic rings. The maximum atomic E-state index is 8.80. The highest BCUT2D eigenvalue weighted by molar-refractivity contribution is 7.09.